The Kier molecular flexibility index (Phi) is 6.73. The fourth-order valence-corrected chi connectivity index (χ4v) is 4.66. The molecule has 2 atom stereocenters. The summed E-state index contributed by atoms with van der Waals surface area (Å²) >= 11 is 0. The van der Waals surface area contributed by atoms with E-state index in [1.165, 1.54) is 17.7 Å². The summed E-state index contributed by atoms with van der Waals surface area (Å²) in [4.78, 5) is 17.8. The number of nitrogens with zero attached hydrogens (tertiary/aromatic N) is 2. The number of carbonyl (C=O) groups excluding carboxylic acids is 1. The number of hydrogen-bond donors (Lipinski definition) is 1. The van der Waals surface area contributed by atoms with Crippen LogP contribution in [0, 0.1) is 11.7 Å². The average molecular weight is 428 g/mol. The Labute approximate surface area is 182 Å². The first-order valence-electron chi connectivity index (χ1n) is 10.8. The normalized spacial score (nSPS) is 20.7. The Hall–Kier alpha value is -2.64. The molecule has 2 heterocycles. The average Bonchev–Trinajstić information content (AvgIpc) is 2.79. The fraction of sp³-hybridized carbons (Fsp3) is 0.458. The Morgan fingerprint density at radius 1 is 1.16 bits per heavy atom. The number of nitrogens with one attached hydrogen (secondary N) is 1. The molecule has 2 aliphatic heterocycles. The summed E-state index contributed by atoms with van der Waals surface area (Å²) < 4.78 is 23.8. The van der Waals surface area contributed by atoms with Crippen LogP contribution in [0.25, 0.3) is 0 Å². The van der Waals surface area contributed by atoms with Crippen LogP contribution in [0.3, 0.4) is 0 Å². The molecule has 1 saturated heterocycles. The van der Waals surface area contributed by atoms with Crippen molar-refractivity contribution < 1.29 is 18.7 Å². The van der Waals surface area contributed by atoms with E-state index in [2.05, 4.69) is 27.2 Å². The van der Waals surface area contributed by atoms with Gasteiger partial charge in [-0.3, -0.25) is 9.69 Å². The van der Waals surface area contributed by atoms with Crippen molar-refractivity contribution in [3.8, 4) is 5.75 Å². The number of methoxy groups -OCH3 is 2. The van der Waals surface area contributed by atoms with E-state index in [9.17, 15) is 9.18 Å². The van der Waals surface area contributed by atoms with Gasteiger partial charge in [-0.2, -0.15) is 0 Å². The molecule has 4 rings (SSSR count). The third-order valence-electron chi connectivity index (χ3n) is 6.27. The van der Waals surface area contributed by atoms with E-state index >= 15 is 0 Å². The van der Waals surface area contributed by atoms with Gasteiger partial charge in [-0.15, -0.1) is 0 Å². The molecule has 31 heavy (non-hydrogen) atoms. The molecule has 1 amide bonds. The Bertz CT molecular complexity index is 905. The van der Waals surface area contributed by atoms with Gasteiger partial charge in [0.2, 0.25) is 5.91 Å². The van der Waals surface area contributed by atoms with Gasteiger partial charge >= 0.3 is 0 Å². The highest BCUT2D eigenvalue weighted by Gasteiger charge is 2.41. The molecule has 0 radical (unpaired) electrons. The number of halogens is 1. The zero-order chi connectivity index (χ0) is 21.8. The number of amides is 1. The van der Waals surface area contributed by atoms with Gasteiger partial charge < -0.3 is 19.7 Å². The largest absolute Gasteiger partial charge is 0.497 e. The summed E-state index contributed by atoms with van der Waals surface area (Å²) in [7, 11) is 3.31. The first kappa shape index (κ1) is 21.6. The Morgan fingerprint density at radius 2 is 1.97 bits per heavy atom. The third-order valence-corrected chi connectivity index (χ3v) is 6.27. The van der Waals surface area contributed by atoms with Gasteiger partial charge in [-0.05, 0) is 35.7 Å². The summed E-state index contributed by atoms with van der Waals surface area (Å²) in [6.07, 6.45) is 0.698. The summed E-state index contributed by atoms with van der Waals surface area (Å²) in [5.74, 6) is 0.527. The Morgan fingerprint density at radius 3 is 2.71 bits per heavy atom. The Balaban J connectivity index is 1.56. The minimum atomic E-state index is -0.223. The van der Waals surface area contributed by atoms with Crippen molar-refractivity contribution in [1.82, 2.24) is 10.2 Å². The van der Waals surface area contributed by atoms with Crippen LogP contribution in [0.4, 0.5) is 10.1 Å². The van der Waals surface area contributed by atoms with Crippen molar-refractivity contribution in [1.29, 1.82) is 0 Å². The van der Waals surface area contributed by atoms with Crippen LogP contribution in [0.1, 0.15) is 11.1 Å². The molecule has 2 aromatic carbocycles. The standard InChI is InChI=1S/C24H30FN3O3/c1-30-12-9-26-24(29)21-13-18-5-8-20(31-2)14-22(18)28-11-10-27(16-23(21)28)15-17-3-6-19(25)7-4-17/h3-8,14,21,23H,9-13,15-16H2,1-2H3,(H,26,29). The highest BCUT2D eigenvalue weighted by molar-refractivity contribution is 5.82. The van der Waals surface area contributed by atoms with Crippen molar-refractivity contribution in [2.45, 2.75) is 19.0 Å². The van der Waals surface area contributed by atoms with Gasteiger partial charge in [0.05, 0.1) is 25.7 Å². The molecule has 0 aliphatic carbocycles. The van der Waals surface area contributed by atoms with E-state index in [1.807, 2.05) is 18.2 Å². The highest BCUT2D eigenvalue weighted by Crippen LogP contribution is 2.38. The van der Waals surface area contributed by atoms with Gasteiger partial charge in [0.25, 0.3) is 0 Å². The molecule has 0 bridgehead atoms. The lowest BCUT2D eigenvalue weighted by Gasteiger charge is -2.49. The molecule has 7 heteroatoms. The van der Waals surface area contributed by atoms with Crippen molar-refractivity contribution in [3.63, 3.8) is 0 Å². The maximum atomic E-state index is 13.3. The summed E-state index contributed by atoms with van der Waals surface area (Å²) in [5.41, 5.74) is 3.41. The first-order chi connectivity index (χ1) is 15.1. The second-order valence-electron chi connectivity index (χ2n) is 8.21. The molecular weight excluding hydrogens is 397 g/mol. The smallest absolute Gasteiger partial charge is 0.225 e. The van der Waals surface area contributed by atoms with Crippen LogP contribution in [-0.4, -0.2) is 63.9 Å². The minimum absolute atomic E-state index is 0.0661. The molecule has 0 saturated carbocycles. The molecule has 0 spiro atoms. The predicted molar refractivity (Wildman–Crippen MR) is 118 cm³/mol. The lowest BCUT2D eigenvalue weighted by molar-refractivity contribution is -0.126. The number of hydrogen-bond acceptors (Lipinski definition) is 5. The quantitative estimate of drug-likeness (QED) is 0.688. The summed E-state index contributed by atoms with van der Waals surface area (Å²) in [5, 5.41) is 3.03. The van der Waals surface area contributed by atoms with Crippen molar-refractivity contribution >= 4 is 11.6 Å². The molecule has 1 fully saturated rings. The molecule has 2 aromatic rings. The lowest BCUT2D eigenvalue weighted by atomic mass is 9.83. The number of fused-ring (bicyclic) bond motifs is 3. The number of anilines is 1. The van der Waals surface area contributed by atoms with Gasteiger partial charge in [0.15, 0.2) is 0 Å². The summed E-state index contributed by atoms with van der Waals surface area (Å²) in [6, 6.07) is 12.8. The van der Waals surface area contributed by atoms with Crippen LogP contribution in [0.5, 0.6) is 5.75 Å². The molecule has 0 aromatic heterocycles. The van der Waals surface area contributed by atoms with Crippen LogP contribution in [0.15, 0.2) is 42.5 Å². The second-order valence-corrected chi connectivity index (χ2v) is 8.21. The van der Waals surface area contributed by atoms with E-state index in [1.54, 1.807) is 14.2 Å². The second kappa shape index (κ2) is 9.66. The molecule has 166 valence electrons. The molecular formula is C24H30FN3O3. The fourth-order valence-electron chi connectivity index (χ4n) is 4.66. The van der Waals surface area contributed by atoms with E-state index in [-0.39, 0.29) is 23.7 Å². The van der Waals surface area contributed by atoms with E-state index < -0.39 is 0 Å². The van der Waals surface area contributed by atoms with Crippen molar-refractivity contribution in [2.75, 3.05) is 51.9 Å². The van der Waals surface area contributed by atoms with Crippen LogP contribution in [0.2, 0.25) is 0 Å². The minimum Gasteiger partial charge on any atom is -0.497 e. The van der Waals surface area contributed by atoms with E-state index in [0.717, 1.165) is 43.2 Å². The number of carbonyl (C=O) groups is 1. The zero-order valence-electron chi connectivity index (χ0n) is 18.1. The van der Waals surface area contributed by atoms with Gasteiger partial charge in [0.1, 0.15) is 11.6 Å². The molecule has 2 aliphatic rings. The molecule has 6 nitrogen and oxygen atoms in total. The topological polar surface area (TPSA) is 54.0 Å². The van der Waals surface area contributed by atoms with Gasteiger partial charge in [0, 0.05) is 51.6 Å². The first-order valence-corrected chi connectivity index (χ1v) is 10.8. The van der Waals surface area contributed by atoms with Crippen molar-refractivity contribution in [2.24, 2.45) is 5.92 Å². The lowest BCUT2D eigenvalue weighted by Crippen LogP contribution is -2.61. The maximum Gasteiger partial charge on any atom is 0.225 e. The zero-order valence-corrected chi connectivity index (χ0v) is 18.1. The highest BCUT2D eigenvalue weighted by atomic mass is 19.1. The number of ether oxygens (including phenoxy) is 2. The van der Waals surface area contributed by atoms with Crippen molar-refractivity contribution in [3.05, 3.63) is 59.4 Å². The van der Waals surface area contributed by atoms with E-state index in [4.69, 9.17) is 9.47 Å². The van der Waals surface area contributed by atoms with Crippen LogP contribution < -0.4 is 15.0 Å². The predicted octanol–water partition coefficient (Wildman–Crippen LogP) is 2.46. The van der Waals surface area contributed by atoms with Crippen LogP contribution in [-0.2, 0) is 22.5 Å². The summed E-state index contributed by atoms with van der Waals surface area (Å²) in [6.45, 7) is 4.23. The molecule has 2 unspecified atom stereocenters. The molecule has 1 N–H and O–H groups in total. The maximum absolute atomic E-state index is 13.3. The van der Waals surface area contributed by atoms with Gasteiger partial charge in [-0.25, -0.2) is 4.39 Å². The number of benzene rings is 2. The van der Waals surface area contributed by atoms with E-state index in [0.29, 0.717) is 19.6 Å². The van der Waals surface area contributed by atoms with Crippen LogP contribution >= 0.6 is 0 Å². The monoisotopic (exact) mass is 427 g/mol. The number of rotatable bonds is 7. The van der Waals surface area contributed by atoms with Gasteiger partial charge in [-0.1, -0.05) is 18.2 Å². The third kappa shape index (κ3) is 4.83. The SMILES string of the molecule is COCCNC(=O)C1Cc2ccc(OC)cc2N2CCN(Cc3ccc(F)cc3)CC12. The number of piperazine rings is 1.